The molecule has 1 N–H and O–H groups in total. The average Bonchev–Trinajstić information content (AvgIpc) is 2.76. The van der Waals surface area contributed by atoms with Gasteiger partial charge in [0.05, 0.1) is 16.5 Å². The second kappa shape index (κ2) is 8.29. The quantitative estimate of drug-likeness (QED) is 0.654. The number of nitrogens with one attached hydrogen (secondary N) is 1. The van der Waals surface area contributed by atoms with Crippen LogP contribution < -0.4 is 5.32 Å². The zero-order valence-electron chi connectivity index (χ0n) is 15.9. The third kappa shape index (κ3) is 4.03. The fourth-order valence-electron chi connectivity index (χ4n) is 3.62. The van der Waals surface area contributed by atoms with Crippen LogP contribution in [0.15, 0.2) is 59.6 Å². The van der Waals surface area contributed by atoms with Crippen LogP contribution in [0, 0.1) is 11.7 Å². The highest BCUT2D eigenvalue weighted by Crippen LogP contribution is 2.28. The smallest absolute Gasteiger partial charge is 0.245 e. The summed E-state index contributed by atoms with van der Waals surface area (Å²) in [6.45, 7) is 0.393. The molecule has 1 amide bonds. The number of fused-ring (bicyclic) bond motifs is 1. The molecule has 9 heteroatoms. The van der Waals surface area contributed by atoms with Crippen LogP contribution in [0.3, 0.4) is 0 Å². The lowest BCUT2D eigenvalue weighted by molar-refractivity contribution is -0.120. The van der Waals surface area contributed by atoms with E-state index < -0.39 is 21.8 Å². The van der Waals surface area contributed by atoms with Crippen molar-refractivity contribution in [3.8, 4) is 0 Å². The predicted octanol–water partition coefficient (Wildman–Crippen LogP) is 4.07. The number of para-hydroxylation sites is 1. The summed E-state index contributed by atoms with van der Waals surface area (Å²) in [6.07, 6.45) is 2.67. The molecule has 0 unspecified atom stereocenters. The first-order valence-corrected chi connectivity index (χ1v) is 11.3. The number of piperidine rings is 1. The van der Waals surface area contributed by atoms with E-state index >= 15 is 0 Å². The molecule has 0 aliphatic carbocycles. The molecule has 0 spiro atoms. The van der Waals surface area contributed by atoms with E-state index in [1.165, 1.54) is 28.6 Å². The van der Waals surface area contributed by atoms with E-state index in [-0.39, 0.29) is 22.4 Å². The molecule has 1 aromatic heterocycles. The van der Waals surface area contributed by atoms with Gasteiger partial charge in [-0.1, -0.05) is 29.8 Å². The number of halogens is 2. The summed E-state index contributed by atoms with van der Waals surface area (Å²) in [7, 11) is -3.82. The number of aromatic nitrogens is 1. The van der Waals surface area contributed by atoms with E-state index in [0.717, 1.165) is 5.39 Å². The zero-order chi connectivity index (χ0) is 21.3. The van der Waals surface area contributed by atoms with E-state index in [1.807, 2.05) is 12.1 Å². The molecule has 30 heavy (non-hydrogen) atoms. The fraction of sp³-hybridized carbons (Fsp3) is 0.238. The van der Waals surface area contributed by atoms with E-state index in [0.29, 0.717) is 30.6 Å². The monoisotopic (exact) mass is 447 g/mol. The molecule has 0 bridgehead atoms. The highest BCUT2D eigenvalue weighted by atomic mass is 35.5. The minimum Gasteiger partial charge on any atom is -0.326 e. The first kappa shape index (κ1) is 20.7. The van der Waals surface area contributed by atoms with Crippen molar-refractivity contribution in [2.45, 2.75) is 17.7 Å². The number of nitrogens with zero attached hydrogens (tertiary/aromatic N) is 2. The highest BCUT2D eigenvalue weighted by Gasteiger charge is 2.34. The number of benzene rings is 2. The van der Waals surface area contributed by atoms with Gasteiger partial charge in [-0.3, -0.25) is 9.78 Å². The first-order chi connectivity index (χ1) is 14.4. The van der Waals surface area contributed by atoms with Crippen LogP contribution in [0.1, 0.15) is 12.8 Å². The Morgan fingerprint density at radius 2 is 2.00 bits per heavy atom. The van der Waals surface area contributed by atoms with Crippen molar-refractivity contribution in [1.82, 2.24) is 9.29 Å². The number of sulfonamides is 1. The molecule has 0 saturated carbocycles. The van der Waals surface area contributed by atoms with Gasteiger partial charge in [-0.05, 0) is 43.2 Å². The average molecular weight is 448 g/mol. The molecule has 6 nitrogen and oxygen atoms in total. The van der Waals surface area contributed by atoms with Crippen LogP contribution in [-0.2, 0) is 14.8 Å². The number of amides is 1. The van der Waals surface area contributed by atoms with Gasteiger partial charge in [0.15, 0.2) is 0 Å². The molecule has 1 saturated heterocycles. The lowest BCUT2D eigenvalue weighted by atomic mass is 9.99. The van der Waals surface area contributed by atoms with Gasteiger partial charge in [-0.25, -0.2) is 12.8 Å². The molecule has 1 fully saturated rings. The topological polar surface area (TPSA) is 79.4 Å². The molecular weight excluding hydrogens is 429 g/mol. The molecule has 4 rings (SSSR count). The maximum Gasteiger partial charge on any atom is 0.245 e. The lowest BCUT2D eigenvalue weighted by Gasteiger charge is -2.31. The molecule has 1 atom stereocenters. The van der Waals surface area contributed by atoms with Crippen molar-refractivity contribution in [1.29, 1.82) is 0 Å². The minimum absolute atomic E-state index is 0.0618. The summed E-state index contributed by atoms with van der Waals surface area (Å²) in [5.74, 6) is -1.43. The van der Waals surface area contributed by atoms with Crippen molar-refractivity contribution in [3.05, 3.63) is 65.6 Å². The largest absolute Gasteiger partial charge is 0.326 e. The van der Waals surface area contributed by atoms with Crippen molar-refractivity contribution in [2.24, 2.45) is 5.92 Å². The number of carbonyl (C=O) groups is 1. The fourth-order valence-corrected chi connectivity index (χ4v) is 5.49. The SMILES string of the molecule is O=C(Nc1ccc(F)c(Cl)c1)[C@H]1CCCN(S(=O)(=O)c2cccc3cccnc23)C1. The third-order valence-electron chi connectivity index (χ3n) is 5.16. The second-order valence-electron chi connectivity index (χ2n) is 7.15. The summed E-state index contributed by atoms with van der Waals surface area (Å²) < 4.78 is 41.3. The summed E-state index contributed by atoms with van der Waals surface area (Å²) in [4.78, 5) is 17.1. The van der Waals surface area contributed by atoms with Gasteiger partial charge in [0, 0.05) is 30.4 Å². The second-order valence-corrected chi connectivity index (χ2v) is 9.47. The van der Waals surface area contributed by atoms with Crippen LogP contribution in [0.4, 0.5) is 10.1 Å². The van der Waals surface area contributed by atoms with Crippen molar-refractivity contribution < 1.29 is 17.6 Å². The summed E-state index contributed by atoms with van der Waals surface area (Å²) in [5.41, 5.74) is 0.775. The number of rotatable bonds is 4. The van der Waals surface area contributed by atoms with Crippen LogP contribution in [0.25, 0.3) is 10.9 Å². The summed E-state index contributed by atoms with van der Waals surface area (Å²) >= 11 is 5.76. The van der Waals surface area contributed by atoms with Gasteiger partial charge in [-0.2, -0.15) is 4.31 Å². The Hall–Kier alpha value is -2.55. The number of anilines is 1. The van der Waals surface area contributed by atoms with E-state index in [2.05, 4.69) is 10.3 Å². The molecule has 156 valence electrons. The lowest BCUT2D eigenvalue weighted by Crippen LogP contribution is -2.43. The maximum absolute atomic E-state index is 13.3. The van der Waals surface area contributed by atoms with Gasteiger partial charge >= 0.3 is 0 Å². The van der Waals surface area contributed by atoms with Gasteiger partial charge in [0.1, 0.15) is 10.7 Å². The molecule has 1 aliphatic rings. The van der Waals surface area contributed by atoms with E-state index in [1.54, 1.807) is 18.3 Å². The molecular formula is C21H19ClFN3O3S. The molecule has 3 aromatic rings. The zero-order valence-corrected chi connectivity index (χ0v) is 17.5. The summed E-state index contributed by atoms with van der Waals surface area (Å²) in [5, 5.41) is 3.34. The Labute approximate surface area is 178 Å². The van der Waals surface area contributed by atoms with Gasteiger partial charge in [0.25, 0.3) is 0 Å². The molecule has 2 heterocycles. The number of hydrogen-bond acceptors (Lipinski definition) is 4. The highest BCUT2D eigenvalue weighted by molar-refractivity contribution is 7.89. The van der Waals surface area contributed by atoms with E-state index in [4.69, 9.17) is 11.6 Å². The predicted molar refractivity (Wildman–Crippen MR) is 113 cm³/mol. The van der Waals surface area contributed by atoms with Crippen molar-refractivity contribution >= 4 is 44.1 Å². The summed E-state index contributed by atoms with van der Waals surface area (Å²) in [6, 6.07) is 12.5. The number of carbonyl (C=O) groups excluding carboxylic acids is 1. The van der Waals surface area contributed by atoms with Crippen LogP contribution in [0.5, 0.6) is 0 Å². The van der Waals surface area contributed by atoms with Crippen LogP contribution in [-0.4, -0.2) is 36.7 Å². The molecule has 0 radical (unpaired) electrons. The molecule has 2 aromatic carbocycles. The van der Waals surface area contributed by atoms with Gasteiger partial charge < -0.3 is 5.32 Å². The van der Waals surface area contributed by atoms with Crippen molar-refractivity contribution in [3.63, 3.8) is 0 Å². The Morgan fingerprint density at radius 1 is 1.20 bits per heavy atom. The number of hydrogen-bond donors (Lipinski definition) is 1. The van der Waals surface area contributed by atoms with Crippen LogP contribution >= 0.6 is 11.6 Å². The van der Waals surface area contributed by atoms with Gasteiger partial charge in [-0.15, -0.1) is 0 Å². The van der Waals surface area contributed by atoms with E-state index in [9.17, 15) is 17.6 Å². The Morgan fingerprint density at radius 3 is 2.80 bits per heavy atom. The normalized spacial score (nSPS) is 17.7. The number of pyridine rings is 1. The third-order valence-corrected chi connectivity index (χ3v) is 7.34. The first-order valence-electron chi connectivity index (χ1n) is 9.46. The standard InChI is InChI=1S/C21H19ClFN3O3S/c22-17-12-16(8-9-18(17)23)25-21(27)15-6-3-11-26(13-15)30(28,29)19-7-1-4-14-5-2-10-24-20(14)19/h1-2,4-5,7-10,12,15H,3,6,11,13H2,(H,25,27)/t15-/m0/s1. The molecule has 1 aliphatic heterocycles. The van der Waals surface area contributed by atoms with Gasteiger partial charge in [0.2, 0.25) is 15.9 Å². The Bertz CT molecular complexity index is 1210. The maximum atomic E-state index is 13.3. The Kier molecular flexibility index (Phi) is 5.73. The van der Waals surface area contributed by atoms with Crippen LogP contribution in [0.2, 0.25) is 5.02 Å². The Balaban J connectivity index is 1.55. The minimum atomic E-state index is -3.82. The van der Waals surface area contributed by atoms with Crippen molar-refractivity contribution in [2.75, 3.05) is 18.4 Å².